The van der Waals surface area contributed by atoms with E-state index in [1.54, 1.807) is 6.20 Å². The van der Waals surface area contributed by atoms with Gasteiger partial charge in [0, 0.05) is 51.9 Å². The molecule has 7 heteroatoms. The van der Waals surface area contributed by atoms with Gasteiger partial charge in [0.05, 0.1) is 0 Å². The van der Waals surface area contributed by atoms with Gasteiger partial charge in [-0.2, -0.15) is 0 Å². The van der Waals surface area contributed by atoms with Gasteiger partial charge in [-0.15, -0.1) is 0 Å². The Kier molecular flexibility index (Phi) is 5.63. The van der Waals surface area contributed by atoms with Crippen molar-refractivity contribution in [1.82, 2.24) is 15.2 Å². The largest absolute Gasteiger partial charge is 0.368 e. The van der Waals surface area contributed by atoms with Crippen LogP contribution in [0, 0.1) is 0 Å². The normalized spacial score (nSPS) is 20.9. The van der Waals surface area contributed by atoms with Crippen molar-refractivity contribution in [3.05, 3.63) is 24.4 Å². The Labute approximate surface area is 142 Å². The van der Waals surface area contributed by atoms with Crippen molar-refractivity contribution in [3.8, 4) is 0 Å². The van der Waals surface area contributed by atoms with E-state index in [1.165, 1.54) is 0 Å². The van der Waals surface area contributed by atoms with Crippen LogP contribution in [0.4, 0.5) is 5.82 Å². The molecule has 0 aliphatic carbocycles. The average molecular weight is 332 g/mol. The molecule has 0 spiro atoms. The number of nitrogens with zero attached hydrogens (tertiary/aromatic N) is 3. The number of hydrogen-bond acceptors (Lipinski definition) is 5. The zero-order chi connectivity index (χ0) is 16.8. The first-order valence-electron chi connectivity index (χ1n) is 8.57. The maximum atomic E-state index is 12.3. The second-order valence-electron chi connectivity index (χ2n) is 6.10. The lowest BCUT2D eigenvalue weighted by Gasteiger charge is -2.35. The van der Waals surface area contributed by atoms with E-state index in [1.807, 2.05) is 23.1 Å². The summed E-state index contributed by atoms with van der Waals surface area (Å²) in [5, 5.41) is 2.80. The highest BCUT2D eigenvalue weighted by Crippen LogP contribution is 2.13. The highest BCUT2D eigenvalue weighted by Gasteiger charge is 2.24. The number of ether oxygens (including phenoxy) is 1. The maximum absolute atomic E-state index is 12.3. The molecule has 2 saturated heterocycles. The van der Waals surface area contributed by atoms with Gasteiger partial charge in [-0.1, -0.05) is 6.07 Å². The van der Waals surface area contributed by atoms with Crippen LogP contribution in [0.2, 0.25) is 0 Å². The molecule has 1 N–H and O–H groups in total. The Hall–Kier alpha value is -2.15. The van der Waals surface area contributed by atoms with Crippen molar-refractivity contribution < 1.29 is 14.3 Å². The van der Waals surface area contributed by atoms with Crippen LogP contribution in [0.1, 0.15) is 19.3 Å². The molecule has 0 unspecified atom stereocenters. The van der Waals surface area contributed by atoms with Crippen LogP contribution in [0.5, 0.6) is 0 Å². The van der Waals surface area contributed by atoms with E-state index in [-0.39, 0.29) is 17.9 Å². The molecule has 0 radical (unpaired) electrons. The van der Waals surface area contributed by atoms with Crippen molar-refractivity contribution in [2.75, 3.05) is 44.2 Å². The minimum absolute atomic E-state index is 0.0864. The first-order valence-corrected chi connectivity index (χ1v) is 8.57. The number of piperazine rings is 1. The fourth-order valence-electron chi connectivity index (χ4n) is 3.07. The summed E-state index contributed by atoms with van der Waals surface area (Å²) in [6, 6.07) is 5.85. The lowest BCUT2D eigenvalue weighted by Crippen LogP contribution is -2.49. The molecule has 2 aliphatic heterocycles. The Balaban J connectivity index is 1.37. The van der Waals surface area contributed by atoms with Crippen molar-refractivity contribution in [2.45, 2.75) is 25.4 Å². The van der Waals surface area contributed by atoms with Gasteiger partial charge in [0.15, 0.2) is 0 Å². The third-order valence-corrected chi connectivity index (χ3v) is 4.47. The Bertz CT molecular complexity index is 552. The van der Waals surface area contributed by atoms with Crippen molar-refractivity contribution in [3.63, 3.8) is 0 Å². The van der Waals surface area contributed by atoms with Crippen molar-refractivity contribution >= 4 is 17.6 Å². The van der Waals surface area contributed by atoms with Gasteiger partial charge in [0.1, 0.15) is 11.9 Å². The molecular formula is C17H24N4O3. The molecular weight excluding hydrogens is 308 g/mol. The molecule has 0 bridgehead atoms. The van der Waals surface area contributed by atoms with E-state index in [9.17, 15) is 9.59 Å². The summed E-state index contributed by atoms with van der Waals surface area (Å²) in [6.07, 6.45) is 3.49. The zero-order valence-corrected chi connectivity index (χ0v) is 13.8. The van der Waals surface area contributed by atoms with Crippen LogP contribution in [0.25, 0.3) is 0 Å². The SMILES string of the molecule is O=C(NCCC(=O)N1CCN(c2ccccn2)CC1)[C@@H]1CCCO1. The predicted octanol–water partition coefficient (Wildman–Crippen LogP) is 0.416. The number of pyridine rings is 1. The maximum Gasteiger partial charge on any atom is 0.249 e. The van der Waals surface area contributed by atoms with Crippen LogP contribution in [0.15, 0.2) is 24.4 Å². The van der Waals surface area contributed by atoms with Crippen LogP contribution >= 0.6 is 0 Å². The first-order chi connectivity index (χ1) is 11.7. The highest BCUT2D eigenvalue weighted by molar-refractivity contribution is 5.82. The summed E-state index contributed by atoms with van der Waals surface area (Å²) < 4.78 is 5.32. The third-order valence-electron chi connectivity index (χ3n) is 4.47. The fourth-order valence-corrected chi connectivity index (χ4v) is 3.07. The molecule has 3 heterocycles. The van der Waals surface area contributed by atoms with Gasteiger partial charge < -0.3 is 19.9 Å². The molecule has 1 aromatic rings. The second-order valence-corrected chi connectivity index (χ2v) is 6.10. The number of anilines is 1. The Morgan fingerprint density at radius 2 is 2.08 bits per heavy atom. The third kappa shape index (κ3) is 4.23. The van der Waals surface area contributed by atoms with Gasteiger partial charge in [0.25, 0.3) is 0 Å². The minimum Gasteiger partial charge on any atom is -0.368 e. The molecule has 3 rings (SSSR count). The first kappa shape index (κ1) is 16.7. The monoisotopic (exact) mass is 332 g/mol. The lowest BCUT2D eigenvalue weighted by atomic mass is 10.2. The zero-order valence-electron chi connectivity index (χ0n) is 13.8. The van der Waals surface area contributed by atoms with Gasteiger partial charge in [0.2, 0.25) is 11.8 Å². The number of rotatable bonds is 5. The quantitative estimate of drug-likeness (QED) is 0.846. The number of amides is 2. The molecule has 2 amide bonds. The number of carbonyl (C=O) groups excluding carboxylic acids is 2. The van der Waals surface area contributed by atoms with Gasteiger partial charge in [-0.25, -0.2) is 4.98 Å². The topological polar surface area (TPSA) is 74.8 Å². The summed E-state index contributed by atoms with van der Waals surface area (Å²) in [7, 11) is 0. The molecule has 1 atom stereocenters. The highest BCUT2D eigenvalue weighted by atomic mass is 16.5. The standard InChI is InChI=1S/C17H24N4O3/c22-16(6-8-19-17(23)14-4-3-13-24-14)21-11-9-20(10-12-21)15-5-1-2-7-18-15/h1-2,5,7,14H,3-4,6,8-13H2,(H,19,23)/t14-/m0/s1. The molecule has 130 valence electrons. The molecule has 1 aromatic heterocycles. The molecule has 2 fully saturated rings. The lowest BCUT2D eigenvalue weighted by molar-refractivity contribution is -0.132. The molecule has 0 saturated carbocycles. The van der Waals surface area contributed by atoms with E-state index < -0.39 is 0 Å². The van der Waals surface area contributed by atoms with Crippen LogP contribution < -0.4 is 10.2 Å². The van der Waals surface area contributed by atoms with Crippen LogP contribution in [0.3, 0.4) is 0 Å². The summed E-state index contributed by atoms with van der Waals surface area (Å²) in [6.45, 7) is 3.97. The van der Waals surface area contributed by atoms with Gasteiger partial charge in [-0.05, 0) is 25.0 Å². The van der Waals surface area contributed by atoms with Crippen LogP contribution in [-0.2, 0) is 14.3 Å². The van der Waals surface area contributed by atoms with Crippen LogP contribution in [-0.4, -0.2) is 67.1 Å². The number of aromatic nitrogens is 1. The van der Waals surface area contributed by atoms with E-state index >= 15 is 0 Å². The van der Waals surface area contributed by atoms with E-state index in [0.29, 0.717) is 32.7 Å². The number of hydrogen-bond donors (Lipinski definition) is 1. The van der Waals surface area contributed by atoms with E-state index in [2.05, 4.69) is 15.2 Å². The summed E-state index contributed by atoms with van der Waals surface area (Å²) in [5.41, 5.74) is 0. The number of carbonyl (C=O) groups is 2. The summed E-state index contributed by atoms with van der Waals surface area (Å²) in [5.74, 6) is 0.942. The van der Waals surface area contributed by atoms with Crippen molar-refractivity contribution in [2.24, 2.45) is 0 Å². The van der Waals surface area contributed by atoms with Gasteiger partial charge >= 0.3 is 0 Å². The molecule has 0 aromatic carbocycles. The summed E-state index contributed by atoms with van der Waals surface area (Å²) in [4.78, 5) is 32.5. The molecule has 2 aliphatic rings. The smallest absolute Gasteiger partial charge is 0.249 e. The Morgan fingerprint density at radius 1 is 1.25 bits per heavy atom. The van der Waals surface area contributed by atoms with E-state index in [4.69, 9.17) is 4.74 Å². The second kappa shape index (κ2) is 8.10. The van der Waals surface area contributed by atoms with E-state index in [0.717, 1.165) is 31.7 Å². The summed E-state index contributed by atoms with van der Waals surface area (Å²) >= 11 is 0. The average Bonchev–Trinajstić information content (AvgIpc) is 3.17. The van der Waals surface area contributed by atoms with Crippen molar-refractivity contribution in [1.29, 1.82) is 0 Å². The molecule has 7 nitrogen and oxygen atoms in total. The minimum atomic E-state index is -0.331. The molecule has 24 heavy (non-hydrogen) atoms. The number of nitrogens with one attached hydrogen (secondary N) is 1. The van der Waals surface area contributed by atoms with Gasteiger partial charge in [-0.3, -0.25) is 9.59 Å². The Morgan fingerprint density at radius 3 is 2.75 bits per heavy atom. The fraction of sp³-hybridized carbons (Fsp3) is 0.588. The predicted molar refractivity (Wildman–Crippen MR) is 89.6 cm³/mol.